The number of phosphoric acid groups is 2. The van der Waals surface area contributed by atoms with Crippen LogP contribution in [0.4, 0.5) is 0 Å². The number of phosphoric ester groups is 2. The molecule has 0 amide bonds. The predicted octanol–water partition coefficient (Wildman–Crippen LogP) is 22.5. The molecule has 0 bridgehead atoms. The van der Waals surface area contributed by atoms with Gasteiger partial charge < -0.3 is 33.8 Å². The van der Waals surface area contributed by atoms with Gasteiger partial charge in [-0.05, 0) is 31.6 Å². The molecule has 0 aliphatic carbocycles. The first kappa shape index (κ1) is 93.1. The molecule has 6 atom stereocenters. The minimum Gasteiger partial charge on any atom is -0.462 e. The van der Waals surface area contributed by atoms with Crippen LogP contribution >= 0.6 is 15.6 Å². The molecule has 0 aliphatic rings. The lowest BCUT2D eigenvalue weighted by atomic mass is 9.99. The topological polar surface area (TPSA) is 237 Å². The molecule has 17 nitrogen and oxygen atoms in total. The van der Waals surface area contributed by atoms with E-state index in [1.807, 2.05) is 0 Å². The van der Waals surface area contributed by atoms with Crippen molar-refractivity contribution in [2.75, 3.05) is 39.6 Å². The van der Waals surface area contributed by atoms with Crippen LogP contribution in [0.1, 0.15) is 401 Å². The monoisotopic (exact) mass is 1400 g/mol. The van der Waals surface area contributed by atoms with Crippen molar-refractivity contribution in [3.63, 3.8) is 0 Å². The van der Waals surface area contributed by atoms with Crippen LogP contribution in [-0.2, 0) is 65.4 Å². The summed E-state index contributed by atoms with van der Waals surface area (Å²) in [6, 6.07) is 0. The van der Waals surface area contributed by atoms with Crippen LogP contribution in [0.25, 0.3) is 0 Å². The highest BCUT2D eigenvalue weighted by Gasteiger charge is 2.30. The molecule has 0 heterocycles. The Morgan fingerprint density at radius 1 is 0.295 bits per heavy atom. The largest absolute Gasteiger partial charge is 0.472 e. The van der Waals surface area contributed by atoms with Gasteiger partial charge in [-0.2, -0.15) is 0 Å². The Hall–Kier alpha value is -1.94. The van der Waals surface area contributed by atoms with Crippen LogP contribution in [0, 0.1) is 5.92 Å². The quantitative estimate of drug-likeness (QED) is 0.0222. The number of rotatable bonds is 76. The van der Waals surface area contributed by atoms with E-state index in [1.54, 1.807) is 0 Å². The van der Waals surface area contributed by atoms with E-state index in [0.717, 1.165) is 95.8 Å². The van der Waals surface area contributed by atoms with Crippen molar-refractivity contribution < 1.29 is 80.2 Å². The molecule has 0 saturated heterocycles. The lowest BCUT2D eigenvalue weighted by molar-refractivity contribution is -0.161. The van der Waals surface area contributed by atoms with Gasteiger partial charge in [0.05, 0.1) is 26.4 Å². The Bertz CT molecular complexity index is 1820. The normalized spacial score (nSPS) is 14.2. The van der Waals surface area contributed by atoms with Crippen LogP contribution in [0.2, 0.25) is 0 Å². The molecular formula is C76H148O17P2. The summed E-state index contributed by atoms with van der Waals surface area (Å²) in [6.07, 6.45) is 58.2. The second-order valence-corrected chi connectivity index (χ2v) is 30.5. The van der Waals surface area contributed by atoms with E-state index in [0.29, 0.717) is 25.7 Å². The minimum absolute atomic E-state index is 0.107. The van der Waals surface area contributed by atoms with E-state index in [9.17, 15) is 43.2 Å². The van der Waals surface area contributed by atoms with Crippen molar-refractivity contribution >= 4 is 39.5 Å². The molecule has 0 fully saturated rings. The number of carbonyl (C=O) groups is 4. The molecule has 95 heavy (non-hydrogen) atoms. The third-order valence-electron chi connectivity index (χ3n) is 18.1. The fraction of sp³-hybridized carbons (Fsp3) is 0.947. The van der Waals surface area contributed by atoms with Gasteiger partial charge in [-0.25, -0.2) is 9.13 Å². The van der Waals surface area contributed by atoms with Gasteiger partial charge in [0.15, 0.2) is 12.2 Å². The van der Waals surface area contributed by atoms with Crippen molar-refractivity contribution in [1.82, 2.24) is 0 Å². The molecule has 0 saturated carbocycles. The zero-order chi connectivity index (χ0) is 69.8. The Balaban J connectivity index is 5.17. The van der Waals surface area contributed by atoms with E-state index in [2.05, 4.69) is 34.6 Å². The van der Waals surface area contributed by atoms with Crippen molar-refractivity contribution in [3.05, 3.63) is 0 Å². The Morgan fingerprint density at radius 3 is 0.747 bits per heavy atom. The van der Waals surface area contributed by atoms with Crippen molar-refractivity contribution in [2.45, 2.75) is 419 Å². The number of unbranched alkanes of at least 4 members (excludes halogenated alkanes) is 47. The molecular weight excluding hydrogens is 1250 g/mol. The summed E-state index contributed by atoms with van der Waals surface area (Å²) in [6.45, 7) is 7.34. The van der Waals surface area contributed by atoms with Gasteiger partial charge in [-0.1, -0.05) is 349 Å². The van der Waals surface area contributed by atoms with Crippen LogP contribution in [0.3, 0.4) is 0 Å². The Morgan fingerprint density at radius 2 is 0.505 bits per heavy atom. The first-order valence-corrected chi connectivity index (χ1v) is 42.7. The van der Waals surface area contributed by atoms with Crippen molar-refractivity contribution in [2.24, 2.45) is 5.92 Å². The molecule has 0 aliphatic heterocycles. The van der Waals surface area contributed by atoms with Gasteiger partial charge in [-0.15, -0.1) is 0 Å². The van der Waals surface area contributed by atoms with Gasteiger partial charge in [0, 0.05) is 25.7 Å². The molecule has 0 aromatic heterocycles. The summed E-state index contributed by atoms with van der Waals surface area (Å²) in [7, 11) is -9.90. The van der Waals surface area contributed by atoms with Crippen molar-refractivity contribution in [3.8, 4) is 0 Å². The molecule has 0 aromatic carbocycles. The highest BCUT2D eigenvalue weighted by atomic mass is 31.2. The molecule has 564 valence electrons. The van der Waals surface area contributed by atoms with E-state index >= 15 is 0 Å². The van der Waals surface area contributed by atoms with Gasteiger partial charge in [0.1, 0.15) is 19.3 Å². The molecule has 0 aromatic rings. The molecule has 19 heteroatoms. The number of hydrogen-bond acceptors (Lipinski definition) is 15. The Labute approximate surface area is 581 Å². The molecule has 0 radical (unpaired) electrons. The van der Waals surface area contributed by atoms with E-state index < -0.39 is 97.5 Å². The Kier molecular flexibility index (Phi) is 67.7. The number of aliphatic hydroxyl groups is 1. The smallest absolute Gasteiger partial charge is 0.462 e. The summed E-state index contributed by atoms with van der Waals surface area (Å²) in [4.78, 5) is 72.7. The third-order valence-corrected chi connectivity index (χ3v) is 20.0. The number of hydrogen-bond donors (Lipinski definition) is 3. The SMILES string of the molecule is CCCCCCCCCCCCCCC(=O)OC[C@H](COP(=O)(O)OC[C@@H](O)COP(=O)(O)OC[C@@H](COC(=O)CCCCCCCCCCCC)OC(=O)CCCCCCCCCCCCC)OC(=O)CCCCCCCCCCCCCCCCCCCCC(C)CC. The lowest BCUT2D eigenvalue weighted by Crippen LogP contribution is -2.30. The van der Waals surface area contributed by atoms with E-state index in [-0.39, 0.29) is 25.7 Å². The fourth-order valence-electron chi connectivity index (χ4n) is 11.7. The zero-order valence-corrected chi connectivity index (χ0v) is 63.6. The standard InChI is InChI=1S/C76H148O17P2/c1-6-10-13-16-19-22-25-36-40-45-50-55-60-74(79)87-66-72(93-76(81)62-57-52-47-42-37-33-31-29-27-26-28-30-32-35-38-43-48-53-58-69(5)9-4)68-91-95(84,85)89-64-70(77)63-88-94(82,83)90-67-71(65-86-73(78)59-54-49-44-39-24-21-18-15-12-8-3)92-75(80)61-56-51-46-41-34-23-20-17-14-11-7-2/h69-72,77H,6-68H2,1-5H3,(H,82,83)(H,84,85)/t69?,70-,71+,72+/m0/s1. The lowest BCUT2D eigenvalue weighted by Gasteiger charge is -2.21. The number of aliphatic hydroxyl groups excluding tert-OH is 1. The molecule has 0 spiro atoms. The summed E-state index contributed by atoms with van der Waals surface area (Å²) >= 11 is 0. The first-order valence-electron chi connectivity index (χ1n) is 39.7. The number of ether oxygens (including phenoxy) is 4. The summed E-state index contributed by atoms with van der Waals surface area (Å²) in [5.74, 6) is -1.24. The maximum atomic E-state index is 13.1. The van der Waals surface area contributed by atoms with Gasteiger partial charge in [0.25, 0.3) is 0 Å². The highest BCUT2D eigenvalue weighted by molar-refractivity contribution is 7.47. The van der Waals surface area contributed by atoms with E-state index in [4.69, 9.17) is 37.0 Å². The summed E-state index contributed by atoms with van der Waals surface area (Å²) in [5.41, 5.74) is 0. The second-order valence-electron chi connectivity index (χ2n) is 27.6. The summed E-state index contributed by atoms with van der Waals surface area (Å²) in [5, 5.41) is 10.6. The summed E-state index contributed by atoms with van der Waals surface area (Å²) < 4.78 is 68.4. The third kappa shape index (κ3) is 69.0. The van der Waals surface area contributed by atoms with Gasteiger partial charge in [0.2, 0.25) is 0 Å². The van der Waals surface area contributed by atoms with Crippen LogP contribution in [-0.4, -0.2) is 96.7 Å². The predicted molar refractivity (Wildman–Crippen MR) is 386 cm³/mol. The maximum Gasteiger partial charge on any atom is 0.472 e. The number of carbonyl (C=O) groups excluding carboxylic acids is 4. The first-order chi connectivity index (χ1) is 46.1. The van der Waals surface area contributed by atoms with Gasteiger partial charge >= 0.3 is 39.5 Å². The fourth-order valence-corrected chi connectivity index (χ4v) is 13.3. The van der Waals surface area contributed by atoms with Gasteiger partial charge in [-0.3, -0.25) is 37.3 Å². The zero-order valence-electron chi connectivity index (χ0n) is 61.8. The maximum absolute atomic E-state index is 13.1. The van der Waals surface area contributed by atoms with E-state index in [1.165, 1.54) is 225 Å². The molecule has 0 rings (SSSR count). The van der Waals surface area contributed by atoms with Crippen LogP contribution in [0.15, 0.2) is 0 Å². The average molecular weight is 1400 g/mol. The van der Waals surface area contributed by atoms with Crippen LogP contribution < -0.4 is 0 Å². The molecule has 3 unspecified atom stereocenters. The molecule has 3 N–H and O–H groups in total. The van der Waals surface area contributed by atoms with Crippen molar-refractivity contribution in [1.29, 1.82) is 0 Å². The second kappa shape index (κ2) is 69.2. The minimum atomic E-state index is -4.95. The highest BCUT2D eigenvalue weighted by Crippen LogP contribution is 2.45. The van der Waals surface area contributed by atoms with Crippen LogP contribution in [0.5, 0.6) is 0 Å². The number of esters is 4. The average Bonchev–Trinajstić information content (AvgIpc) is 1.81.